The number of rotatable bonds is 5. The van der Waals surface area contributed by atoms with Gasteiger partial charge in [-0.3, -0.25) is 4.79 Å². The van der Waals surface area contributed by atoms with Crippen LogP contribution in [-0.2, 0) is 11.2 Å². The lowest BCUT2D eigenvalue weighted by atomic mass is 10.1. The fourth-order valence-corrected chi connectivity index (χ4v) is 2.48. The number of amides is 1. The molecule has 3 nitrogen and oxygen atoms in total. The van der Waals surface area contributed by atoms with Gasteiger partial charge in [-0.1, -0.05) is 36.4 Å². The molecule has 0 saturated heterocycles. The summed E-state index contributed by atoms with van der Waals surface area (Å²) in [5, 5.41) is 13.7. The lowest BCUT2D eigenvalue weighted by Crippen LogP contribution is -2.27. The van der Waals surface area contributed by atoms with Crippen molar-refractivity contribution in [2.45, 2.75) is 18.9 Å². The van der Waals surface area contributed by atoms with Gasteiger partial charge in [0.15, 0.2) is 6.04 Å². The van der Waals surface area contributed by atoms with Crippen molar-refractivity contribution in [3.05, 3.63) is 58.3 Å². The average Bonchev–Trinajstić information content (AvgIpc) is 2.97. The van der Waals surface area contributed by atoms with Gasteiger partial charge in [-0.25, -0.2) is 0 Å². The third-order valence-corrected chi connectivity index (χ3v) is 3.68. The maximum Gasteiger partial charge on any atom is 0.221 e. The fourth-order valence-electron chi connectivity index (χ4n) is 1.76. The third kappa shape index (κ3) is 3.94. The Morgan fingerprint density at radius 2 is 2.05 bits per heavy atom. The number of hydrogen-bond acceptors (Lipinski definition) is 3. The number of carbonyl (C=O) groups is 1. The van der Waals surface area contributed by atoms with E-state index >= 15 is 0 Å². The minimum Gasteiger partial charge on any atom is -0.336 e. The number of carbonyl (C=O) groups excluding carboxylic acids is 1. The summed E-state index contributed by atoms with van der Waals surface area (Å²) >= 11 is 1.47. The van der Waals surface area contributed by atoms with Crippen LogP contribution in [0, 0.1) is 11.3 Å². The molecule has 4 heteroatoms. The van der Waals surface area contributed by atoms with Crippen molar-refractivity contribution in [3.63, 3.8) is 0 Å². The van der Waals surface area contributed by atoms with E-state index in [-0.39, 0.29) is 5.91 Å². The molecular weight excluding hydrogens is 256 g/mol. The van der Waals surface area contributed by atoms with Crippen LogP contribution in [0.4, 0.5) is 0 Å². The lowest BCUT2D eigenvalue weighted by Gasteiger charge is -2.09. The predicted octanol–water partition coefficient (Wildman–Crippen LogP) is 3.06. The third-order valence-electron chi connectivity index (χ3n) is 2.75. The second-order valence-electron chi connectivity index (χ2n) is 4.13. The second-order valence-corrected chi connectivity index (χ2v) is 5.11. The number of nitrogens with zero attached hydrogens (tertiary/aromatic N) is 1. The number of hydrogen-bond donors (Lipinski definition) is 1. The van der Waals surface area contributed by atoms with Crippen LogP contribution >= 0.6 is 11.3 Å². The smallest absolute Gasteiger partial charge is 0.221 e. The molecule has 1 unspecified atom stereocenters. The Morgan fingerprint density at radius 1 is 1.26 bits per heavy atom. The molecule has 1 N–H and O–H groups in total. The maximum absolute atomic E-state index is 11.8. The molecule has 1 amide bonds. The van der Waals surface area contributed by atoms with E-state index in [1.54, 1.807) is 0 Å². The Bertz CT molecular complexity index is 558. The molecule has 19 heavy (non-hydrogen) atoms. The zero-order valence-electron chi connectivity index (χ0n) is 10.4. The van der Waals surface area contributed by atoms with Gasteiger partial charge in [0, 0.05) is 11.3 Å². The van der Waals surface area contributed by atoms with Crippen LogP contribution in [0.3, 0.4) is 0 Å². The van der Waals surface area contributed by atoms with E-state index < -0.39 is 6.04 Å². The van der Waals surface area contributed by atoms with Crippen molar-refractivity contribution in [2.24, 2.45) is 0 Å². The molecule has 0 bridgehead atoms. The monoisotopic (exact) mass is 270 g/mol. The van der Waals surface area contributed by atoms with Crippen LogP contribution < -0.4 is 5.32 Å². The first-order valence-electron chi connectivity index (χ1n) is 6.06. The molecule has 1 atom stereocenters. The minimum atomic E-state index is -0.539. The van der Waals surface area contributed by atoms with Crippen molar-refractivity contribution in [3.8, 4) is 6.07 Å². The lowest BCUT2D eigenvalue weighted by molar-refractivity contribution is -0.121. The maximum atomic E-state index is 11.8. The van der Waals surface area contributed by atoms with E-state index in [0.717, 1.165) is 10.4 Å². The Balaban J connectivity index is 1.86. The van der Waals surface area contributed by atoms with Crippen LogP contribution in [-0.4, -0.2) is 5.91 Å². The highest BCUT2D eigenvalue weighted by Gasteiger charge is 2.14. The first-order chi connectivity index (χ1) is 9.29. The molecule has 0 radical (unpaired) electrons. The van der Waals surface area contributed by atoms with Gasteiger partial charge in [-0.2, -0.15) is 5.26 Å². The first kappa shape index (κ1) is 13.3. The van der Waals surface area contributed by atoms with E-state index in [2.05, 4.69) is 11.4 Å². The summed E-state index contributed by atoms with van der Waals surface area (Å²) in [7, 11) is 0. The highest BCUT2D eigenvalue weighted by atomic mass is 32.1. The molecule has 1 aromatic heterocycles. The van der Waals surface area contributed by atoms with Crippen LogP contribution in [0.15, 0.2) is 47.8 Å². The van der Waals surface area contributed by atoms with E-state index in [1.165, 1.54) is 11.3 Å². The van der Waals surface area contributed by atoms with Gasteiger partial charge in [0.1, 0.15) is 0 Å². The highest BCUT2D eigenvalue weighted by molar-refractivity contribution is 7.10. The highest BCUT2D eigenvalue weighted by Crippen LogP contribution is 2.18. The molecule has 2 aromatic rings. The summed E-state index contributed by atoms with van der Waals surface area (Å²) in [4.78, 5) is 12.7. The Morgan fingerprint density at radius 3 is 2.68 bits per heavy atom. The molecule has 96 valence electrons. The topological polar surface area (TPSA) is 52.9 Å². The number of nitrogens with one attached hydrogen (secondary N) is 1. The van der Waals surface area contributed by atoms with E-state index in [0.29, 0.717) is 12.8 Å². The van der Waals surface area contributed by atoms with Crippen LogP contribution in [0.2, 0.25) is 0 Å². The van der Waals surface area contributed by atoms with Crippen LogP contribution in [0.5, 0.6) is 0 Å². The van der Waals surface area contributed by atoms with E-state index in [4.69, 9.17) is 5.26 Å². The molecule has 0 aliphatic rings. The normalized spacial score (nSPS) is 11.5. The van der Waals surface area contributed by atoms with Crippen LogP contribution in [0.1, 0.15) is 22.9 Å². The van der Waals surface area contributed by atoms with E-state index in [1.807, 2.05) is 47.8 Å². The number of nitriles is 1. The standard InChI is InChI=1S/C15H14N2OS/c16-11-13(14-7-4-10-19-14)17-15(18)9-8-12-5-2-1-3-6-12/h1-7,10,13H,8-9H2,(H,17,18). The molecule has 0 aliphatic heterocycles. The molecule has 0 fully saturated rings. The zero-order valence-corrected chi connectivity index (χ0v) is 11.2. The molecule has 0 spiro atoms. The van der Waals surface area contributed by atoms with Crippen molar-refractivity contribution in [1.82, 2.24) is 5.32 Å². The van der Waals surface area contributed by atoms with E-state index in [9.17, 15) is 4.79 Å². The van der Waals surface area contributed by atoms with Gasteiger partial charge >= 0.3 is 0 Å². The minimum absolute atomic E-state index is 0.0937. The molecular formula is C15H14N2OS. The number of thiophene rings is 1. The van der Waals surface area contributed by atoms with Gasteiger partial charge in [0.25, 0.3) is 0 Å². The second kappa shape index (κ2) is 6.72. The summed E-state index contributed by atoms with van der Waals surface area (Å²) in [6, 6.07) is 15.2. The Kier molecular flexibility index (Phi) is 4.71. The Labute approximate surface area is 116 Å². The zero-order chi connectivity index (χ0) is 13.5. The quantitative estimate of drug-likeness (QED) is 0.907. The van der Waals surface area contributed by atoms with Gasteiger partial charge in [-0.05, 0) is 23.4 Å². The summed E-state index contributed by atoms with van der Waals surface area (Å²) in [5.74, 6) is -0.0937. The SMILES string of the molecule is N#CC(NC(=O)CCc1ccccc1)c1cccs1. The van der Waals surface area contributed by atoms with Gasteiger partial charge < -0.3 is 5.32 Å². The number of benzene rings is 1. The molecule has 0 saturated carbocycles. The van der Waals surface area contributed by atoms with Crippen molar-refractivity contribution >= 4 is 17.2 Å². The van der Waals surface area contributed by atoms with Gasteiger partial charge in [0.05, 0.1) is 6.07 Å². The van der Waals surface area contributed by atoms with Crippen molar-refractivity contribution < 1.29 is 4.79 Å². The molecule has 1 heterocycles. The van der Waals surface area contributed by atoms with Crippen molar-refractivity contribution in [1.29, 1.82) is 5.26 Å². The summed E-state index contributed by atoms with van der Waals surface area (Å²) in [6.07, 6.45) is 1.09. The predicted molar refractivity (Wildman–Crippen MR) is 75.6 cm³/mol. The first-order valence-corrected chi connectivity index (χ1v) is 6.94. The van der Waals surface area contributed by atoms with Crippen LogP contribution in [0.25, 0.3) is 0 Å². The average molecular weight is 270 g/mol. The van der Waals surface area contributed by atoms with Gasteiger partial charge in [-0.15, -0.1) is 11.3 Å². The number of aryl methyl sites for hydroxylation is 1. The summed E-state index contributed by atoms with van der Waals surface area (Å²) in [5.41, 5.74) is 1.13. The fraction of sp³-hybridized carbons (Fsp3) is 0.200. The summed E-state index contributed by atoms with van der Waals surface area (Å²) < 4.78 is 0. The summed E-state index contributed by atoms with van der Waals surface area (Å²) in [6.45, 7) is 0. The largest absolute Gasteiger partial charge is 0.336 e. The molecule has 0 aliphatic carbocycles. The molecule has 2 rings (SSSR count). The molecule has 1 aromatic carbocycles. The van der Waals surface area contributed by atoms with Crippen molar-refractivity contribution in [2.75, 3.05) is 0 Å². The Hall–Kier alpha value is -2.12. The van der Waals surface area contributed by atoms with Gasteiger partial charge in [0.2, 0.25) is 5.91 Å².